The van der Waals surface area contributed by atoms with Gasteiger partial charge in [-0.3, -0.25) is 0 Å². The highest BCUT2D eigenvalue weighted by Crippen LogP contribution is 2.14. The molecule has 0 bridgehead atoms. The Morgan fingerprint density at radius 1 is 1.20 bits per heavy atom. The van der Waals surface area contributed by atoms with Crippen molar-refractivity contribution in [2.24, 2.45) is 0 Å². The molecule has 0 radical (unpaired) electrons. The minimum Gasteiger partial charge on any atom is -0.213 e. The zero-order valence-corrected chi connectivity index (χ0v) is 7.58. The highest BCUT2D eigenvalue weighted by Gasteiger charge is 2.00. The maximum absolute atomic E-state index is 10.8. The number of hydrogen-bond acceptors (Lipinski definition) is 3. The molecule has 0 aromatic rings. The molecule has 58 valence electrons. The lowest BCUT2D eigenvalue weighted by atomic mass is 10.8. The molecule has 0 aromatic heterocycles. The van der Waals surface area contributed by atoms with Crippen molar-refractivity contribution in [1.82, 2.24) is 0 Å². The monoisotopic (exact) mass is 178 g/mol. The van der Waals surface area contributed by atoms with Gasteiger partial charge in [-0.15, -0.1) is 0 Å². The van der Waals surface area contributed by atoms with E-state index in [1.165, 1.54) is 16.9 Å². The normalized spacial score (nSPS) is 13.4. The van der Waals surface area contributed by atoms with Gasteiger partial charge in [-0.25, -0.2) is 8.42 Å². The maximum Gasteiger partial charge on any atom is 0.226 e. The molecule has 4 heteroatoms. The van der Waals surface area contributed by atoms with E-state index >= 15 is 0 Å². The van der Waals surface area contributed by atoms with E-state index in [2.05, 4.69) is 0 Å². The van der Waals surface area contributed by atoms with E-state index in [0.717, 1.165) is 10.8 Å². The van der Waals surface area contributed by atoms with Gasteiger partial charge in [0.25, 0.3) is 0 Å². The third kappa shape index (κ3) is 4.64. The Morgan fingerprint density at radius 3 is 2.20 bits per heavy atom. The van der Waals surface area contributed by atoms with E-state index in [9.17, 15) is 8.42 Å². The number of rotatable bonds is 3. The van der Waals surface area contributed by atoms with Crippen LogP contribution in [0.25, 0.3) is 0 Å². The standard InChI is InChI=1S/C6H10O2S2/c1-3-5-9-10(7,8)6-4-2/h3-6H,1-2H3/b5-3+,6-4+. The molecule has 0 amide bonds. The van der Waals surface area contributed by atoms with E-state index in [0.29, 0.717) is 0 Å². The SMILES string of the molecule is C/C=C/SS(=O)(=O)/C=C/C. The molecule has 2 nitrogen and oxygen atoms in total. The van der Waals surface area contributed by atoms with Gasteiger partial charge in [-0.1, -0.05) is 12.2 Å². The topological polar surface area (TPSA) is 34.1 Å². The molecule has 0 unspecified atom stereocenters. The third-order valence-electron chi connectivity index (χ3n) is 0.629. The van der Waals surface area contributed by atoms with E-state index in [1.54, 1.807) is 19.9 Å². The zero-order valence-electron chi connectivity index (χ0n) is 5.94. The molecule has 0 fully saturated rings. The summed E-state index contributed by atoms with van der Waals surface area (Å²) in [4.78, 5) is 0. The van der Waals surface area contributed by atoms with Gasteiger partial charge in [0.2, 0.25) is 8.87 Å². The number of hydrogen-bond donors (Lipinski definition) is 0. The third-order valence-corrected chi connectivity index (χ3v) is 3.36. The van der Waals surface area contributed by atoms with Crippen LogP contribution in [0.15, 0.2) is 23.0 Å². The van der Waals surface area contributed by atoms with Gasteiger partial charge < -0.3 is 0 Å². The number of allylic oxidation sites excluding steroid dienone is 2. The van der Waals surface area contributed by atoms with Crippen LogP contribution in [-0.4, -0.2) is 8.42 Å². The van der Waals surface area contributed by atoms with Gasteiger partial charge in [-0.05, 0) is 19.3 Å². The van der Waals surface area contributed by atoms with Gasteiger partial charge in [0, 0.05) is 16.2 Å². The van der Waals surface area contributed by atoms with Gasteiger partial charge in [0.05, 0.1) is 0 Å². The van der Waals surface area contributed by atoms with Gasteiger partial charge in [0.1, 0.15) is 0 Å². The summed E-state index contributed by atoms with van der Waals surface area (Å²) in [5, 5.41) is 2.72. The first-order valence-electron chi connectivity index (χ1n) is 2.79. The lowest BCUT2D eigenvalue weighted by Crippen LogP contribution is -1.82. The molecular weight excluding hydrogens is 168 g/mol. The Bertz CT molecular complexity index is 224. The Hall–Kier alpha value is -0.220. The van der Waals surface area contributed by atoms with Crippen molar-refractivity contribution < 1.29 is 8.42 Å². The van der Waals surface area contributed by atoms with Crippen LogP contribution in [0.3, 0.4) is 0 Å². The average Bonchev–Trinajstić information content (AvgIpc) is 1.84. The van der Waals surface area contributed by atoms with Gasteiger partial charge in [0.15, 0.2) is 0 Å². The smallest absolute Gasteiger partial charge is 0.213 e. The molecule has 0 atom stereocenters. The molecule has 0 saturated heterocycles. The largest absolute Gasteiger partial charge is 0.226 e. The van der Waals surface area contributed by atoms with Crippen LogP contribution in [0.1, 0.15) is 13.8 Å². The molecule has 0 N–H and O–H groups in total. The van der Waals surface area contributed by atoms with Crippen LogP contribution in [-0.2, 0) is 8.87 Å². The molecule has 0 aromatic carbocycles. The van der Waals surface area contributed by atoms with Crippen molar-refractivity contribution >= 4 is 19.7 Å². The molecule has 10 heavy (non-hydrogen) atoms. The molecule has 0 saturated carbocycles. The second-order valence-corrected chi connectivity index (χ2v) is 5.22. The lowest BCUT2D eigenvalue weighted by molar-refractivity contribution is 0.618. The highest BCUT2D eigenvalue weighted by molar-refractivity contribution is 8.74. The van der Waals surface area contributed by atoms with E-state index in [4.69, 9.17) is 0 Å². The summed E-state index contributed by atoms with van der Waals surface area (Å²) in [6.07, 6.45) is 3.19. The van der Waals surface area contributed by atoms with Crippen LogP contribution in [0, 0.1) is 0 Å². The Labute approximate surface area is 65.3 Å². The first-order chi connectivity index (χ1) is 4.62. The fourth-order valence-corrected chi connectivity index (χ4v) is 2.32. The van der Waals surface area contributed by atoms with Crippen molar-refractivity contribution in [3.05, 3.63) is 23.0 Å². The summed E-state index contributed by atoms with van der Waals surface area (Å²) in [5.41, 5.74) is 0. The fraction of sp³-hybridized carbons (Fsp3) is 0.333. The van der Waals surface area contributed by atoms with Crippen LogP contribution < -0.4 is 0 Å². The first kappa shape index (κ1) is 9.78. The fourth-order valence-electron chi connectivity index (χ4n) is 0.332. The quantitative estimate of drug-likeness (QED) is 0.621. The van der Waals surface area contributed by atoms with Crippen molar-refractivity contribution in [2.45, 2.75) is 13.8 Å². The molecule has 0 aliphatic carbocycles. The second kappa shape index (κ2) is 4.57. The second-order valence-electron chi connectivity index (χ2n) is 1.53. The van der Waals surface area contributed by atoms with Crippen LogP contribution in [0.5, 0.6) is 0 Å². The summed E-state index contributed by atoms with van der Waals surface area (Å²) in [6.45, 7) is 3.45. The minimum absolute atomic E-state index is 0.808. The molecule has 0 aliphatic rings. The molecule has 0 heterocycles. The Kier molecular flexibility index (Phi) is 4.47. The predicted octanol–water partition coefficient (Wildman–Crippen LogP) is 2.12. The summed E-state index contributed by atoms with van der Waals surface area (Å²) in [6, 6.07) is 0. The van der Waals surface area contributed by atoms with Gasteiger partial charge in [-0.2, -0.15) is 0 Å². The highest BCUT2D eigenvalue weighted by atomic mass is 33.1. The summed E-state index contributed by atoms with van der Waals surface area (Å²) in [5.74, 6) is 0. The summed E-state index contributed by atoms with van der Waals surface area (Å²) in [7, 11) is -2.24. The maximum atomic E-state index is 10.8. The van der Waals surface area contributed by atoms with Crippen molar-refractivity contribution in [1.29, 1.82) is 0 Å². The minimum atomic E-state index is -3.04. The summed E-state index contributed by atoms with van der Waals surface area (Å²) < 4.78 is 21.6. The van der Waals surface area contributed by atoms with Gasteiger partial charge >= 0.3 is 0 Å². The lowest BCUT2D eigenvalue weighted by Gasteiger charge is -1.87. The van der Waals surface area contributed by atoms with E-state index in [1.807, 2.05) is 0 Å². The van der Waals surface area contributed by atoms with Crippen molar-refractivity contribution in [3.63, 3.8) is 0 Å². The van der Waals surface area contributed by atoms with Crippen LogP contribution in [0.2, 0.25) is 0 Å². The molecule has 0 aliphatic heterocycles. The summed E-state index contributed by atoms with van der Waals surface area (Å²) >= 11 is 0. The zero-order chi connectivity index (χ0) is 8.04. The first-order valence-corrected chi connectivity index (χ1v) is 5.74. The van der Waals surface area contributed by atoms with Crippen LogP contribution in [0.4, 0.5) is 0 Å². The predicted molar refractivity (Wildman–Crippen MR) is 46.1 cm³/mol. The molecule has 0 rings (SSSR count). The van der Waals surface area contributed by atoms with Crippen molar-refractivity contribution in [2.75, 3.05) is 0 Å². The average molecular weight is 178 g/mol. The van der Waals surface area contributed by atoms with E-state index < -0.39 is 8.87 Å². The van der Waals surface area contributed by atoms with E-state index in [-0.39, 0.29) is 0 Å². The molecular formula is C6H10O2S2. The Morgan fingerprint density at radius 2 is 1.80 bits per heavy atom. The van der Waals surface area contributed by atoms with Crippen molar-refractivity contribution in [3.8, 4) is 0 Å². The molecule has 0 spiro atoms. The Balaban J connectivity index is 4.16. The van der Waals surface area contributed by atoms with Crippen LogP contribution >= 0.6 is 10.8 Å².